The van der Waals surface area contributed by atoms with Crippen LogP contribution >= 0.6 is 0 Å². The van der Waals surface area contributed by atoms with E-state index in [1.54, 1.807) is 12.3 Å². The van der Waals surface area contributed by atoms with Crippen molar-refractivity contribution in [2.75, 3.05) is 19.7 Å². The summed E-state index contributed by atoms with van der Waals surface area (Å²) in [6, 6.07) is 11.8. The third-order valence-electron chi connectivity index (χ3n) is 4.57. The summed E-state index contributed by atoms with van der Waals surface area (Å²) in [7, 11) is -3.63. The molecule has 6 nitrogen and oxygen atoms in total. The van der Waals surface area contributed by atoms with Crippen LogP contribution in [0, 0.1) is 0 Å². The summed E-state index contributed by atoms with van der Waals surface area (Å²) in [5.41, 5.74) is 0.631. The van der Waals surface area contributed by atoms with E-state index in [0.717, 1.165) is 19.5 Å². The van der Waals surface area contributed by atoms with E-state index in [4.69, 9.17) is 4.74 Å². The van der Waals surface area contributed by atoms with Crippen LogP contribution in [0.1, 0.15) is 12.0 Å². The molecule has 0 aliphatic carbocycles. The predicted octanol–water partition coefficient (Wildman–Crippen LogP) is 1.61. The number of fused-ring (bicyclic) bond motifs is 1. The Morgan fingerprint density at radius 1 is 1.33 bits per heavy atom. The molecular formula is C17H19N3O3S. The van der Waals surface area contributed by atoms with Crippen LogP contribution in [0.25, 0.3) is 0 Å². The number of rotatable bonds is 2. The van der Waals surface area contributed by atoms with Gasteiger partial charge in [0.2, 0.25) is 4.90 Å². The Kier molecular flexibility index (Phi) is 3.88. The van der Waals surface area contributed by atoms with Crippen molar-refractivity contribution >= 4 is 10.4 Å². The van der Waals surface area contributed by atoms with Crippen LogP contribution in [0.2, 0.25) is 0 Å². The van der Waals surface area contributed by atoms with Crippen molar-refractivity contribution in [2.24, 2.45) is 0 Å². The molecule has 1 aromatic carbocycles. The van der Waals surface area contributed by atoms with E-state index in [1.807, 2.05) is 18.2 Å². The van der Waals surface area contributed by atoms with E-state index < -0.39 is 15.9 Å². The average molecular weight is 345 g/mol. The van der Waals surface area contributed by atoms with Gasteiger partial charge in [-0.3, -0.25) is 9.88 Å². The van der Waals surface area contributed by atoms with E-state index >= 15 is 0 Å². The summed E-state index contributed by atoms with van der Waals surface area (Å²) in [5.74, 6) is 0.371. The highest BCUT2D eigenvalue weighted by Crippen LogP contribution is 2.34. The lowest BCUT2D eigenvalue weighted by Crippen LogP contribution is -2.54. The molecule has 2 aromatic rings. The largest absolute Gasteiger partial charge is 0.593 e. The van der Waals surface area contributed by atoms with Crippen molar-refractivity contribution in [2.45, 2.75) is 23.4 Å². The SMILES string of the molecule is O=[S+]1([O-])NC2(CCN(Cc3ccccc3)C2)COc2ccncc21. The fourth-order valence-electron chi connectivity index (χ4n) is 3.41. The van der Waals surface area contributed by atoms with Gasteiger partial charge in [-0.25, -0.2) is 0 Å². The fraction of sp³-hybridized carbons (Fsp3) is 0.353. The maximum atomic E-state index is 12.7. The molecule has 2 aliphatic heterocycles. The van der Waals surface area contributed by atoms with Gasteiger partial charge in [-0.2, -0.15) is 0 Å². The standard InChI is InChI=1S/C17H19N3O3S/c21-24(22)16-10-18-8-6-15(16)23-13-17(19-24)7-9-20(12-17)11-14-4-2-1-3-5-14/h1-6,8,10H,7,9,11-13H2,(H-,19,21,22). The summed E-state index contributed by atoms with van der Waals surface area (Å²) in [4.78, 5) is 6.29. The van der Waals surface area contributed by atoms with E-state index in [2.05, 4.69) is 26.7 Å². The van der Waals surface area contributed by atoms with Gasteiger partial charge in [0.25, 0.3) is 0 Å². The molecule has 1 aromatic heterocycles. The zero-order valence-corrected chi connectivity index (χ0v) is 14.0. The van der Waals surface area contributed by atoms with Crippen molar-refractivity contribution in [1.82, 2.24) is 14.6 Å². The van der Waals surface area contributed by atoms with Crippen molar-refractivity contribution in [3.05, 3.63) is 54.4 Å². The molecule has 0 radical (unpaired) electrons. The highest BCUT2D eigenvalue weighted by molar-refractivity contribution is 7.96. The van der Waals surface area contributed by atoms with Gasteiger partial charge in [0.15, 0.2) is 16.1 Å². The molecule has 1 saturated heterocycles. The van der Waals surface area contributed by atoms with Gasteiger partial charge in [0.1, 0.15) is 12.1 Å². The third kappa shape index (κ3) is 2.95. The molecule has 1 N–H and O–H groups in total. The molecule has 4 rings (SSSR count). The smallest absolute Gasteiger partial charge is 0.235 e. The number of pyridine rings is 1. The van der Waals surface area contributed by atoms with Gasteiger partial charge in [0, 0.05) is 31.9 Å². The lowest BCUT2D eigenvalue weighted by atomic mass is 10.0. The monoisotopic (exact) mass is 345 g/mol. The summed E-state index contributed by atoms with van der Waals surface area (Å²) in [6.45, 7) is 2.59. The minimum Gasteiger partial charge on any atom is -0.593 e. The van der Waals surface area contributed by atoms with Crippen molar-refractivity contribution in [3.8, 4) is 5.75 Å². The van der Waals surface area contributed by atoms with Crippen LogP contribution in [0.3, 0.4) is 0 Å². The number of benzene rings is 1. The van der Waals surface area contributed by atoms with Crippen molar-refractivity contribution in [3.63, 3.8) is 0 Å². The van der Waals surface area contributed by atoms with Gasteiger partial charge in [0.05, 0.1) is 6.20 Å². The van der Waals surface area contributed by atoms with Crippen LogP contribution in [0.15, 0.2) is 53.7 Å². The highest BCUT2D eigenvalue weighted by atomic mass is 32.3. The molecule has 1 fully saturated rings. The number of hydrogen-bond acceptors (Lipinski definition) is 5. The average Bonchev–Trinajstić information content (AvgIpc) is 2.91. The van der Waals surface area contributed by atoms with E-state index in [9.17, 15) is 8.76 Å². The minimum absolute atomic E-state index is 0.114. The second kappa shape index (κ2) is 5.93. The van der Waals surface area contributed by atoms with Gasteiger partial charge >= 0.3 is 0 Å². The third-order valence-corrected chi connectivity index (χ3v) is 6.16. The molecule has 0 bridgehead atoms. The number of sulfonamides is 1. The van der Waals surface area contributed by atoms with Crippen LogP contribution in [0.5, 0.6) is 5.75 Å². The normalized spacial score (nSPS) is 29.9. The first-order valence-corrected chi connectivity index (χ1v) is 9.42. The number of nitrogens with zero attached hydrogens (tertiary/aromatic N) is 2. The second-order valence-corrected chi connectivity index (χ2v) is 8.09. The van der Waals surface area contributed by atoms with Gasteiger partial charge < -0.3 is 9.29 Å². The zero-order valence-electron chi connectivity index (χ0n) is 13.2. The highest BCUT2D eigenvalue weighted by Gasteiger charge is 2.47. The molecule has 2 atom stereocenters. The Bertz CT molecular complexity index is 786. The maximum absolute atomic E-state index is 12.7. The Hall–Kier alpha value is -1.80. The first-order chi connectivity index (χ1) is 11.6. The molecule has 0 amide bonds. The lowest BCUT2D eigenvalue weighted by Gasteiger charge is -2.28. The fourth-order valence-corrected chi connectivity index (χ4v) is 4.91. The summed E-state index contributed by atoms with van der Waals surface area (Å²) in [5, 5.41) is 0. The lowest BCUT2D eigenvalue weighted by molar-refractivity contribution is 0.198. The minimum atomic E-state index is -3.63. The number of likely N-dealkylation sites (tertiary alicyclic amines) is 1. The Morgan fingerprint density at radius 3 is 3.00 bits per heavy atom. The molecule has 0 saturated carbocycles. The van der Waals surface area contributed by atoms with Crippen LogP contribution < -0.4 is 9.46 Å². The molecule has 2 aliphatic rings. The number of hydrogen-bond donors (Lipinski definition) is 1. The molecule has 7 heteroatoms. The van der Waals surface area contributed by atoms with Gasteiger partial charge in [-0.1, -0.05) is 34.5 Å². The molecule has 24 heavy (non-hydrogen) atoms. The van der Waals surface area contributed by atoms with Crippen LogP contribution in [-0.4, -0.2) is 39.7 Å². The topological polar surface area (TPSA) is 77.5 Å². The second-order valence-electron chi connectivity index (χ2n) is 6.44. The van der Waals surface area contributed by atoms with E-state index in [1.165, 1.54) is 11.8 Å². The summed E-state index contributed by atoms with van der Waals surface area (Å²) >= 11 is 0. The maximum Gasteiger partial charge on any atom is 0.235 e. The molecular weight excluding hydrogens is 326 g/mol. The quantitative estimate of drug-likeness (QED) is 0.837. The first kappa shape index (κ1) is 15.7. The number of aromatic nitrogens is 1. The molecule has 126 valence electrons. The number of nitrogens with one attached hydrogen (secondary N) is 1. The van der Waals surface area contributed by atoms with Gasteiger partial charge in [-0.05, 0) is 12.0 Å². The predicted molar refractivity (Wildman–Crippen MR) is 89.0 cm³/mol. The molecule has 3 heterocycles. The number of ether oxygens (including phenoxy) is 1. The van der Waals surface area contributed by atoms with Crippen LogP contribution in [-0.2, 0) is 21.2 Å². The Labute approximate surface area is 142 Å². The summed E-state index contributed by atoms with van der Waals surface area (Å²) < 4.78 is 34.0. The van der Waals surface area contributed by atoms with Gasteiger partial charge in [-0.15, -0.1) is 4.72 Å². The molecule has 2 unspecified atom stereocenters. The zero-order chi connectivity index (χ0) is 16.6. The first-order valence-electron chi connectivity index (χ1n) is 7.94. The van der Waals surface area contributed by atoms with Crippen molar-refractivity contribution < 1.29 is 13.5 Å². The Balaban J connectivity index is 1.54. The van der Waals surface area contributed by atoms with E-state index in [0.29, 0.717) is 18.9 Å². The van der Waals surface area contributed by atoms with E-state index in [-0.39, 0.29) is 4.90 Å². The summed E-state index contributed by atoms with van der Waals surface area (Å²) in [6.07, 6.45) is 3.61. The Morgan fingerprint density at radius 2 is 2.17 bits per heavy atom. The van der Waals surface area contributed by atoms with Crippen molar-refractivity contribution in [1.29, 1.82) is 0 Å². The van der Waals surface area contributed by atoms with Crippen LogP contribution in [0.4, 0.5) is 0 Å². The molecule has 1 spiro atoms.